The predicted molar refractivity (Wildman–Crippen MR) is 74.1 cm³/mol. The van der Waals surface area contributed by atoms with E-state index in [0.717, 1.165) is 43.6 Å². The van der Waals surface area contributed by atoms with E-state index in [2.05, 4.69) is 17.4 Å². The van der Waals surface area contributed by atoms with Gasteiger partial charge in [0.2, 0.25) is 5.89 Å². The molecule has 1 aromatic rings. The van der Waals surface area contributed by atoms with Gasteiger partial charge in [-0.3, -0.25) is 0 Å². The molecule has 0 unspecified atom stereocenters. The summed E-state index contributed by atoms with van der Waals surface area (Å²) in [5.41, 5.74) is 0. The third-order valence-electron chi connectivity index (χ3n) is 4.94. The van der Waals surface area contributed by atoms with E-state index >= 15 is 0 Å². The summed E-state index contributed by atoms with van der Waals surface area (Å²) < 4.78 is 5.52. The number of nitrogens with one attached hydrogen (secondary N) is 1. The second-order valence-corrected chi connectivity index (χ2v) is 6.14. The van der Waals surface area contributed by atoms with Crippen LogP contribution in [0, 0.1) is 5.92 Å². The number of nitrogens with zero attached hydrogens (tertiary/aromatic N) is 2. The quantitative estimate of drug-likeness (QED) is 0.909. The molecule has 2 fully saturated rings. The topological polar surface area (TPSA) is 51.0 Å². The molecule has 2 heterocycles. The molecule has 0 bridgehead atoms. The average molecular weight is 263 g/mol. The first kappa shape index (κ1) is 13.1. The number of aromatic nitrogens is 2. The van der Waals surface area contributed by atoms with Gasteiger partial charge in [-0.05, 0) is 57.5 Å². The molecule has 19 heavy (non-hydrogen) atoms. The molecule has 0 spiro atoms. The fourth-order valence-electron chi connectivity index (χ4n) is 3.48. The van der Waals surface area contributed by atoms with E-state index in [0.29, 0.717) is 11.8 Å². The molecule has 2 aliphatic rings. The Bertz CT molecular complexity index is 390. The zero-order chi connectivity index (χ0) is 13.1. The van der Waals surface area contributed by atoms with Gasteiger partial charge < -0.3 is 9.84 Å². The molecule has 0 aromatic carbocycles. The normalized spacial score (nSPS) is 29.5. The van der Waals surface area contributed by atoms with Gasteiger partial charge in [-0.2, -0.15) is 4.98 Å². The Hall–Kier alpha value is -0.900. The lowest BCUT2D eigenvalue weighted by atomic mass is 9.80. The summed E-state index contributed by atoms with van der Waals surface area (Å²) in [4.78, 5) is 4.70. The summed E-state index contributed by atoms with van der Waals surface area (Å²) in [6.45, 7) is 4.45. The lowest BCUT2D eigenvalue weighted by Gasteiger charge is -2.25. The Balaban J connectivity index is 1.61. The van der Waals surface area contributed by atoms with Crippen molar-refractivity contribution in [3.8, 4) is 0 Å². The van der Waals surface area contributed by atoms with Crippen LogP contribution in [0.1, 0.15) is 75.4 Å². The Labute approximate surface area is 115 Å². The molecule has 1 aliphatic carbocycles. The summed E-state index contributed by atoms with van der Waals surface area (Å²) in [6, 6.07) is 0. The highest BCUT2D eigenvalue weighted by Crippen LogP contribution is 2.36. The van der Waals surface area contributed by atoms with Crippen molar-refractivity contribution in [1.29, 1.82) is 0 Å². The van der Waals surface area contributed by atoms with E-state index in [-0.39, 0.29) is 0 Å². The number of piperidine rings is 1. The van der Waals surface area contributed by atoms with Crippen molar-refractivity contribution in [3.63, 3.8) is 0 Å². The van der Waals surface area contributed by atoms with Crippen LogP contribution in [0.25, 0.3) is 0 Å². The van der Waals surface area contributed by atoms with Crippen molar-refractivity contribution in [2.45, 2.75) is 63.7 Å². The first-order valence-corrected chi connectivity index (χ1v) is 7.91. The molecule has 1 N–H and O–H groups in total. The number of hydrogen-bond acceptors (Lipinski definition) is 4. The van der Waals surface area contributed by atoms with E-state index in [9.17, 15) is 0 Å². The fourth-order valence-corrected chi connectivity index (χ4v) is 3.48. The minimum absolute atomic E-state index is 0.481. The lowest BCUT2D eigenvalue weighted by molar-refractivity contribution is 0.296. The average Bonchev–Trinajstić information content (AvgIpc) is 2.98. The second kappa shape index (κ2) is 6.04. The van der Waals surface area contributed by atoms with Crippen molar-refractivity contribution in [3.05, 3.63) is 11.7 Å². The Morgan fingerprint density at radius 2 is 1.79 bits per heavy atom. The van der Waals surface area contributed by atoms with Crippen LogP contribution in [0.15, 0.2) is 4.52 Å². The van der Waals surface area contributed by atoms with Crippen LogP contribution >= 0.6 is 0 Å². The summed E-state index contributed by atoms with van der Waals surface area (Å²) in [6.07, 6.45) is 8.72. The number of rotatable bonds is 3. The van der Waals surface area contributed by atoms with Gasteiger partial charge in [0.05, 0.1) is 0 Å². The highest BCUT2D eigenvalue weighted by atomic mass is 16.5. The van der Waals surface area contributed by atoms with Crippen LogP contribution in [0.5, 0.6) is 0 Å². The maximum Gasteiger partial charge on any atom is 0.229 e. The zero-order valence-corrected chi connectivity index (χ0v) is 11.9. The largest absolute Gasteiger partial charge is 0.339 e. The van der Waals surface area contributed by atoms with Gasteiger partial charge >= 0.3 is 0 Å². The molecule has 0 radical (unpaired) electrons. The predicted octanol–water partition coefficient (Wildman–Crippen LogP) is 3.22. The first-order valence-electron chi connectivity index (χ1n) is 7.91. The molecular weight excluding hydrogens is 238 g/mol. The van der Waals surface area contributed by atoms with Gasteiger partial charge in [0.25, 0.3) is 0 Å². The maximum absolute atomic E-state index is 5.52. The fraction of sp³-hybridized carbons (Fsp3) is 0.867. The van der Waals surface area contributed by atoms with E-state index in [1.54, 1.807) is 0 Å². The van der Waals surface area contributed by atoms with Crippen LogP contribution < -0.4 is 5.32 Å². The van der Waals surface area contributed by atoms with Crippen LogP contribution in [0.4, 0.5) is 0 Å². The molecule has 1 saturated carbocycles. The zero-order valence-electron chi connectivity index (χ0n) is 11.9. The molecule has 1 aliphatic heterocycles. The summed E-state index contributed by atoms with van der Waals surface area (Å²) in [7, 11) is 0. The van der Waals surface area contributed by atoms with Gasteiger partial charge in [0, 0.05) is 11.8 Å². The summed E-state index contributed by atoms with van der Waals surface area (Å²) in [5, 5.41) is 7.64. The highest BCUT2D eigenvalue weighted by molar-refractivity contribution is 5.01. The highest BCUT2D eigenvalue weighted by Gasteiger charge is 2.27. The molecule has 4 nitrogen and oxygen atoms in total. The third-order valence-corrected chi connectivity index (χ3v) is 4.94. The molecular formula is C15H25N3O. The smallest absolute Gasteiger partial charge is 0.229 e. The van der Waals surface area contributed by atoms with Crippen molar-refractivity contribution in [2.24, 2.45) is 5.92 Å². The molecule has 4 heteroatoms. The maximum atomic E-state index is 5.52. The third kappa shape index (κ3) is 2.99. The van der Waals surface area contributed by atoms with E-state index in [4.69, 9.17) is 9.51 Å². The van der Waals surface area contributed by atoms with Gasteiger partial charge in [-0.1, -0.05) is 18.5 Å². The standard InChI is InChI=1S/C15H25N3O/c1-2-11-3-5-12(6-4-11)14-17-15(19-18-14)13-7-9-16-10-8-13/h11-13,16H,2-10H2,1H3. The SMILES string of the molecule is CCC1CCC(c2noc(C3CCNCC3)n2)CC1. The minimum Gasteiger partial charge on any atom is -0.339 e. The minimum atomic E-state index is 0.481. The van der Waals surface area contributed by atoms with E-state index < -0.39 is 0 Å². The first-order chi connectivity index (χ1) is 9.36. The van der Waals surface area contributed by atoms with Crippen molar-refractivity contribution < 1.29 is 4.52 Å². The summed E-state index contributed by atoms with van der Waals surface area (Å²) in [5.74, 6) is 3.81. The summed E-state index contributed by atoms with van der Waals surface area (Å²) >= 11 is 0. The van der Waals surface area contributed by atoms with Crippen LogP contribution in [-0.4, -0.2) is 23.2 Å². The van der Waals surface area contributed by atoms with Crippen molar-refractivity contribution in [1.82, 2.24) is 15.5 Å². The van der Waals surface area contributed by atoms with E-state index in [1.807, 2.05) is 0 Å². The van der Waals surface area contributed by atoms with Crippen LogP contribution in [0.3, 0.4) is 0 Å². The molecule has 1 saturated heterocycles. The van der Waals surface area contributed by atoms with Crippen molar-refractivity contribution in [2.75, 3.05) is 13.1 Å². The molecule has 106 valence electrons. The monoisotopic (exact) mass is 263 g/mol. The van der Waals surface area contributed by atoms with Crippen molar-refractivity contribution >= 4 is 0 Å². The molecule has 0 atom stereocenters. The van der Waals surface area contributed by atoms with Gasteiger partial charge in [-0.25, -0.2) is 0 Å². The van der Waals surface area contributed by atoms with E-state index in [1.165, 1.54) is 32.1 Å². The molecule has 1 aromatic heterocycles. The van der Waals surface area contributed by atoms with Crippen LogP contribution in [0.2, 0.25) is 0 Å². The Morgan fingerprint density at radius 1 is 1.05 bits per heavy atom. The Kier molecular flexibility index (Phi) is 4.16. The van der Waals surface area contributed by atoms with Gasteiger partial charge in [-0.15, -0.1) is 0 Å². The van der Waals surface area contributed by atoms with Crippen LogP contribution in [-0.2, 0) is 0 Å². The molecule has 0 amide bonds. The Morgan fingerprint density at radius 3 is 2.47 bits per heavy atom. The molecule has 3 rings (SSSR count). The lowest BCUT2D eigenvalue weighted by Crippen LogP contribution is -2.26. The van der Waals surface area contributed by atoms with Gasteiger partial charge in [0.15, 0.2) is 5.82 Å². The number of hydrogen-bond donors (Lipinski definition) is 1. The second-order valence-electron chi connectivity index (χ2n) is 6.14. The van der Waals surface area contributed by atoms with Gasteiger partial charge in [0.1, 0.15) is 0 Å².